The summed E-state index contributed by atoms with van der Waals surface area (Å²) in [4.78, 5) is 2.65. The van der Waals surface area contributed by atoms with Crippen molar-refractivity contribution in [2.24, 2.45) is 5.92 Å². The molecule has 2 fully saturated rings. The monoisotopic (exact) mass is 273 g/mol. The predicted molar refractivity (Wildman–Crippen MR) is 82.6 cm³/mol. The minimum atomic E-state index is 0.0915. The highest BCUT2D eigenvalue weighted by molar-refractivity contribution is 5.24. The van der Waals surface area contributed by atoms with Crippen LogP contribution in [0.1, 0.15) is 46.1 Å². The number of hydrogen-bond acceptors (Lipinski definition) is 2. The number of rotatable bonds is 4. The maximum atomic E-state index is 6.34. The molecular weight excluding hydrogens is 246 g/mol. The van der Waals surface area contributed by atoms with Crippen LogP contribution in [0.3, 0.4) is 0 Å². The van der Waals surface area contributed by atoms with E-state index in [2.05, 4.69) is 62.9 Å². The van der Waals surface area contributed by atoms with Gasteiger partial charge in [0, 0.05) is 25.0 Å². The van der Waals surface area contributed by atoms with Gasteiger partial charge >= 0.3 is 0 Å². The van der Waals surface area contributed by atoms with E-state index >= 15 is 0 Å². The van der Waals surface area contributed by atoms with Crippen LogP contribution < -0.4 is 0 Å². The van der Waals surface area contributed by atoms with Gasteiger partial charge in [-0.05, 0) is 25.3 Å². The lowest BCUT2D eigenvalue weighted by atomic mass is 9.73. The summed E-state index contributed by atoms with van der Waals surface area (Å²) >= 11 is 0. The summed E-state index contributed by atoms with van der Waals surface area (Å²) in [5, 5.41) is 0. The number of nitrogens with zero attached hydrogens (tertiary/aromatic N) is 1. The van der Waals surface area contributed by atoms with E-state index < -0.39 is 0 Å². The van der Waals surface area contributed by atoms with Crippen LogP contribution in [-0.4, -0.2) is 28.7 Å². The van der Waals surface area contributed by atoms with E-state index in [1.807, 2.05) is 0 Å². The van der Waals surface area contributed by atoms with Crippen molar-refractivity contribution < 1.29 is 4.74 Å². The molecule has 0 N–H and O–H groups in total. The number of likely N-dealkylation sites (tertiary alicyclic amines) is 1. The van der Waals surface area contributed by atoms with Crippen molar-refractivity contribution in [1.82, 2.24) is 4.90 Å². The topological polar surface area (TPSA) is 15.8 Å². The van der Waals surface area contributed by atoms with Gasteiger partial charge in [0.25, 0.3) is 0 Å². The van der Waals surface area contributed by atoms with Gasteiger partial charge in [0.2, 0.25) is 0 Å². The maximum absolute atomic E-state index is 6.34. The van der Waals surface area contributed by atoms with Gasteiger partial charge in [0.15, 0.2) is 0 Å². The third kappa shape index (κ3) is 1.85. The van der Waals surface area contributed by atoms with E-state index in [9.17, 15) is 0 Å². The number of piperidine rings is 1. The molecule has 2 aliphatic rings. The standard InChI is InChI=1S/C18H27NO/c1-5-16-18(6-2)17(4,20-18)14(3)12-19(16)13-15-10-8-7-9-11-15/h7-11,14,16H,5-6,12-13H2,1-4H3/t14-,16-,17-,18+/m0/s1. The number of ether oxygens (including phenoxy) is 1. The van der Waals surface area contributed by atoms with Crippen LogP contribution in [0.4, 0.5) is 0 Å². The summed E-state index contributed by atoms with van der Waals surface area (Å²) in [7, 11) is 0. The van der Waals surface area contributed by atoms with Gasteiger partial charge in [-0.2, -0.15) is 0 Å². The largest absolute Gasteiger partial charge is 0.361 e. The maximum Gasteiger partial charge on any atom is 0.113 e. The minimum absolute atomic E-state index is 0.0915. The molecule has 0 aromatic heterocycles. The summed E-state index contributed by atoms with van der Waals surface area (Å²) in [5.74, 6) is 0.606. The van der Waals surface area contributed by atoms with Crippen LogP contribution in [0.15, 0.2) is 30.3 Å². The Balaban J connectivity index is 1.84. The fraction of sp³-hybridized carbons (Fsp3) is 0.667. The van der Waals surface area contributed by atoms with Crippen LogP contribution in [-0.2, 0) is 11.3 Å². The second-order valence-electron chi connectivity index (χ2n) is 6.69. The Morgan fingerprint density at radius 1 is 1.25 bits per heavy atom. The zero-order valence-corrected chi connectivity index (χ0v) is 13.2. The molecule has 1 aromatic carbocycles. The lowest BCUT2D eigenvalue weighted by molar-refractivity contribution is 0.0640. The Morgan fingerprint density at radius 2 is 1.95 bits per heavy atom. The molecule has 0 aliphatic carbocycles. The Labute approximate surface area is 123 Å². The van der Waals surface area contributed by atoms with Crippen LogP contribution in [0.25, 0.3) is 0 Å². The van der Waals surface area contributed by atoms with Gasteiger partial charge in [0.05, 0.1) is 0 Å². The molecule has 3 rings (SSSR count). The summed E-state index contributed by atoms with van der Waals surface area (Å²) in [6.07, 6.45) is 2.29. The average molecular weight is 273 g/mol. The molecule has 4 atom stereocenters. The summed E-state index contributed by atoms with van der Waals surface area (Å²) in [6, 6.07) is 11.4. The first-order chi connectivity index (χ1) is 9.57. The first kappa shape index (κ1) is 14.1. The highest BCUT2D eigenvalue weighted by Crippen LogP contribution is 2.61. The van der Waals surface area contributed by atoms with Gasteiger partial charge in [-0.15, -0.1) is 0 Å². The highest BCUT2D eigenvalue weighted by atomic mass is 16.6. The third-order valence-corrected chi connectivity index (χ3v) is 5.76. The normalized spacial score (nSPS) is 40.4. The number of benzene rings is 1. The molecule has 2 heterocycles. The Kier molecular flexibility index (Phi) is 3.42. The molecule has 0 unspecified atom stereocenters. The molecule has 2 heteroatoms. The van der Waals surface area contributed by atoms with E-state index in [0.717, 1.165) is 19.5 Å². The number of hydrogen-bond donors (Lipinski definition) is 0. The van der Waals surface area contributed by atoms with Gasteiger partial charge in [-0.25, -0.2) is 0 Å². The summed E-state index contributed by atoms with van der Waals surface area (Å²) in [6.45, 7) is 11.5. The first-order valence-corrected chi connectivity index (χ1v) is 8.05. The molecule has 0 amide bonds. The predicted octanol–water partition coefficient (Wildman–Crippen LogP) is 3.85. The van der Waals surface area contributed by atoms with Crippen molar-refractivity contribution in [1.29, 1.82) is 0 Å². The van der Waals surface area contributed by atoms with Gasteiger partial charge in [-0.3, -0.25) is 4.90 Å². The third-order valence-electron chi connectivity index (χ3n) is 5.76. The van der Waals surface area contributed by atoms with Crippen molar-refractivity contribution in [3.05, 3.63) is 35.9 Å². The molecule has 20 heavy (non-hydrogen) atoms. The molecule has 0 radical (unpaired) electrons. The second kappa shape index (κ2) is 4.85. The average Bonchev–Trinajstić information content (AvgIpc) is 3.09. The number of fused-ring (bicyclic) bond motifs is 1. The molecule has 0 bridgehead atoms. The first-order valence-electron chi connectivity index (χ1n) is 8.05. The van der Waals surface area contributed by atoms with Crippen molar-refractivity contribution in [3.63, 3.8) is 0 Å². The van der Waals surface area contributed by atoms with Crippen molar-refractivity contribution >= 4 is 0 Å². The molecule has 2 aliphatic heterocycles. The molecule has 0 saturated carbocycles. The molecular formula is C18H27NO. The zero-order valence-electron chi connectivity index (χ0n) is 13.2. The van der Waals surface area contributed by atoms with Crippen LogP contribution >= 0.6 is 0 Å². The minimum Gasteiger partial charge on any atom is -0.361 e. The van der Waals surface area contributed by atoms with Crippen LogP contribution in [0, 0.1) is 5.92 Å². The molecule has 2 saturated heterocycles. The zero-order chi connectivity index (χ0) is 14.4. The molecule has 0 spiro atoms. The fourth-order valence-electron chi connectivity index (χ4n) is 4.46. The second-order valence-corrected chi connectivity index (χ2v) is 6.69. The van der Waals surface area contributed by atoms with E-state index in [0.29, 0.717) is 12.0 Å². The van der Waals surface area contributed by atoms with Gasteiger partial charge in [0.1, 0.15) is 11.2 Å². The molecule has 2 nitrogen and oxygen atoms in total. The lowest BCUT2D eigenvalue weighted by Crippen LogP contribution is -2.56. The van der Waals surface area contributed by atoms with E-state index in [1.54, 1.807) is 0 Å². The summed E-state index contributed by atoms with van der Waals surface area (Å²) in [5.41, 5.74) is 1.61. The highest BCUT2D eigenvalue weighted by Gasteiger charge is 2.74. The number of epoxide rings is 1. The van der Waals surface area contributed by atoms with E-state index in [1.165, 1.54) is 12.0 Å². The fourth-order valence-corrected chi connectivity index (χ4v) is 4.46. The smallest absolute Gasteiger partial charge is 0.113 e. The van der Waals surface area contributed by atoms with E-state index in [4.69, 9.17) is 4.74 Å². The Morgan fingerprint density at radius 3 is 2.55 bits per heavy atom. The molecule has 1 aromatic rings. The Hall–Kier alpha value is -0.860. The SMILES string of the molecule is CC[C@@H]1N(Cc2ccccc2)C[C@H](C)[C@]2(C)O[C@]12CC. The summed E-state index contributed by atoms with van der Waals surface area (Å²) < 4.78 is 6.34. The quantitative estimate of drug-likeness (QED) is 0.774. The van der Waals surface area contributed by atoms with Crippen molar-refractivity contribution in [2.45, 2.75) is 64.3 Å². The Bertz CT molecular complexity index is 474. The van der Waals surface area contributed by atoms with E-state index in [-0.39, 0.29) is 11.2 Å². The van der Waals surface area contributed by atoms with Gasteiger partial charge < -0.3 is 4.74 Å². The van der Waals surface area contributed by atoms with Gasteiger partial charge in [-0.1, -0.05) is 51.1 Å². The molecule has 110 valence electrons. The van der Waals surface area contributed by atoms with Crippen molar-refractivity contribution in [3.8, 4) is 0 Å². The van der Waals surface area contributed by atoms with Crippen molar-refractivity contribution in [2.75, 3.05) is 6.54 Å². The lowest BCUT2D eigenvalue weighted by Gasteiger charge is -2.43. The van der Waals surface area contributed by atoms with Crippen LogP contribution in [0.5, 0.6) is 0 Å². The van der Waals surface area contributed by atoms with Crippen LogP contribution in [0.2, 0.25) is 0 Å².